The van der Waals surface area contributed by atoms with Gasteiger partial charge in [-0.3, -0.25) is 4.79 Å². The van der Waals surface area contributed by atoms with Crippen LogP contribution in [0.25, 0.3) is 0 Å². The molecule has 1 unspecified atom stereocenters. The molecule has 0 radical (unpaired) electrons. The van der Waals surface area contributed by atoms with E-state index in [1.54, 1.807) is 6.20 Å². The van der Waals surface area contributed by atoms with Gasteiger partial charge in [0.2, 0.25) is 5.06 Å². The van der Waals surface area contributed by atoms with Crippen LogP contribution in [-0.4, -0.2) is 41.5 Å². The summed E-state index contributed by atoms with van der Waals surface area (Å²) in [5.41, 5.74) is 0.680. The molecule has 126 valence electrons. The zero-order valence-electron chi connectivity index (χ0n) is 13.7. The Hall–Kier alpha value is -1.92. The molecule has 5 nitrogen and oxygen atoms in total. The molecule has 3 aliphatic rings. The van der Waals surface area contributed by atoms with Gasteiger partial charge in [-0.05, 0) is 63.0 Å². The average molecular weight is 343 g/mol. The highest BCUT2D eigenvalue weighted by molar-refractivity contribution is 7.13. The van der Waals surface area contributed by atoms with E-state index in [-0.39, 0.29) is 11.9 Å². The lowest BCUT2D eigenvalue weighted by Gasteiger charge is -2.44. The Morgan fingerprint density at radius 3 is 2.62 bits per heavy atom. The number of aryl methyl sites for hydroxylation is 1. The van der Waals surface area contributed by atoms with E-state index in [1.165, 1.54) is 37.3 Å². The zero-order valence-corrected chi connectivity index (χ0v) is 14.5. The molecule has 1 amide bonds. The predicted molar refractivity (Wildman–Crippen MR) is 93.8 cm³/mol. The molecule has 1 N–H and O–H groups in total. The van der Waals surface area contributed by atoms with Crippen molar-refractivity contribution in [3.8, 4) is 10.8 Å². The van der Waals surface area contributed by atoms with Crippen molar-refractivity contribution in [3.63, 3.8) is 0 Å². The summed E-state index contributed by atoms with van der Waals surface area (Å²) in [6.07, 6.45) is 4.12. The van der Waals surface area contributed by atoms with E-state index in [9.17, 15) is 4.79 Å². The molecule has 2 bridgehead atoms. The van der Waals surface area contributed by atoms with Crippen molar-refractivity contribution < 1.29 is 9.53 Å². The van der Waals surface area contributed by atoms with E-state index in [2.05, 4.69) is 15.2 Å². The van der Waals surface area contributed by atoms with Crippen molar-refractivity contribution in [1.82, 2.24) is 15.2 Å². The summed E-state index contributed by atoms with van der Waals surface area (Å²) in [7, 11) is 0. The Bertz CT molecular complexity index is 720. The van der Waals surface area contributed by atoms with Gasteiger partial charge in [0.15, 0.2) is 0 Å². The number of hydrogen-bond acceptors (Lipinski definition) is 5. The molecule has 1 atom stereocenters. The summed E-state index contributed by atoms with van der Waals surface area (Å²) >= 11 is 1.51. The quantitative estimate of drug-likeness (QED) is 0.927. The summed E-state index contributed by atoms with van der Waals surface area (Å²) < 4.78 is 5.74. The van der Waals surface area contributed by atoms with Crippen molar-refractivity contribution in [1.29, 1.82) is 0 Å². The number of fused-ring (bicyclic) bond motifs is 3. The van der Waals surface area contributed by atoms with E-state index in [0.717, 1.165) is 22.4 Å². The number of amides is 1. The second-order valence-electron chi connectivity index (χ2n) is 6.54. The number of piperidine rings is 3. The average Bonchev–Trinajstić information content (AvgIpc) is 3.01. The van der Waals surface area contributed by atoms with Crippen LogP contribution in [0, 0.1) is 12.8 Å². The smallest absolute Gasteiger partial charge is 0.251 e. The zero-order chi connectivity index (χ0) is 16.5. The maximum absolute atomic E-state index is 12.5. The van der Waals surface area contributed by atoms with Gasteiger partial charge in [0.05, 0.1) is 11.2 Å². The van der Waals surface area contributed by atoms with Crippen LogP contribution in [0.15, 0.2) is 30.5 Å². The molecule has 4 heterocycles. The van der Waals surface area contributed by atoms with Crippen LogP contribution in [0.1, 0.15) is 28.2 Å². The minimum Gasteiger partial charge on any atom is -0.445 e. The molecular weight excluding hydrogens is 322 g/mol. The van der Waals surface area contributed by atoms with E-state index < -0.39 is 0 Å². The van der Waals surface area contributed by atoms with E-state index in [0.29, 0.717) is 11.5 Å². The number of benzene rings is 1. The molecule has 0 spiro atoms. The molecule has 0 saturated carbocycles. The standard InChI is InChI=1S/C18H21N3O2S/c1-12-19-10-17(24-12)23-15-4-2-14(3-5-15)18(22)20-16-11-21-8-6-13(16)7-9-21/h2-5,10,13,16H,6-9,11H2,1H3,(H,20,22). The third-order valence-electron chi connectivity index (χ3n) is 4.91. The van der Waals surface area contributed by atoms with Crippen molar-refractivity contribution >= 4 is 17.2 Å². The van der Waals surface area contributed by atoms with Gasteiger partial charge >= 0.3 is 0 Å². The first-order valence-corrected chi connectivity index (χ1v) is 9.22. The summed E-state index contributed by atoms with van der Waals surface area (Å²) in [6, 6.07) is 7.59. The normalized spacial score (nSPS) is 25.5. The first kappa shape index (κ1) is 15.6. The van der Waals surface area contributed by atoms with E-state index in [1.807, 2.05) is 31.2 Å². The van der Waals surface area contributed by atoms with Crippen molar-refractivity contribution in [2.24, 2.45) is 5.92 Å². The van der Waals surface area contributed by atoms with Gasteiger partial charge in [-0.2, -0.15) is 0 Å². The number of nitrogens with zero attached hydrogens (tertiary/aromatic N) is 2. The largest absolute Gasteiger partial charge is 0.445 e. The Morgan fingerprint density at radius 2 is 2.04 bits per heavy atom. The second-order valence-corrected chi connectivity index (χ2v) is 7.74. The van der Waals surface area contributed by atoms with Crippen LogP contribution in [-0.2, 0) is 0 Å². The van der Waals surface area contributed by atoms with Gasteiger partial charge in [0.1, 0.15) is 5.75 Å². The topological polar surface area (TPSA) is 54.5 Å². The Balaban J connectivity index is 1.38. The number of aromatic nitrogens is 1. The maximum atomic E-state index is 12.5. The van der Waals surface area contributed by atoms with Crippen molar-refractivity contribution in [2.75, 3.05) is 19.6 Å². The molecule has 5 rings (SSSR count). The summed E-state index contributed by atoms with van der Waals surface area (Å²) in [6.45, 7) is 5.29. The maximum Gasteiger partial charge on any atom is 0.251 e. The van der Waals surface area contributed by atoms with Gasteiger partial charge < -0.3 is 15.0 Å². The molecule has 1 aromatic carbocycles. The lowest BCUT2D eigenvalue weighted by atomic mass is 9.84. The summed E-state index contributed by atoms with van der Waals surface area (Å²) in [5.74, 6) is 1.36. The van der Waals surface area contributed by atoms with Crippen molar-refractivity contribution in [2.45, 2.75) is 25.8 Å². The molecular formula is C18H21N3O2S. The Labute approximate surface area is 145 Å². The fourth-order valence-electron chi connectivity index (χ4n) is 3.56. The first-order chi connectivity index (χ1) is 11.7. The lowest BCUT2D eigenvalue weighted by molar-refractivity contribution is 0.0620. The fraction of sp³-hybridized carbons (Fsp3) is 0.444. The summed E-state index contributed by atoms with van der Waals surface area (Å²) in [5, 5.41) is 4.94. The molecule has 24 heavy (non-hydrogen) atoms. The predicted octanol–water partition coefficient (Wildman–Crippen LogP) is 3.07. The van der Waals surface area contributed by atoms with Crippen LogP contribution in [0.4, 0.5) is 0 Å². The van der Waals surface area contributed by atoms with Gasteiger partial charge in [-0.1, -0.05) is 11.3 Å². The van der Waals surface area contributed by atoms with Crippen LogP contribution >= 0.6 is 11.3 Å². The van der Waals surface area contributed by atoms with Gasteiger partial charge in [0.25, 0.3) is 5.91 Å². The van der Waals surface area contributed by atoms with Crippen LogP contribution in [0.3, 0.4) is 0 Å². The Kier molecular flexibility index (Phi) is 4.24. The number of carbonyl (C=O) groups is 1. The van der Waals surface area contributed by atoms with Crippen LogP contribution in [0.2, 0.25) is 0 Å². The molecule has 3 saturated heterocycles. The van der Waals surface area contributed by atoms with Crippen LogP contribution in [0.5, 0.6) is 10.8 Å². The van der Waals surface area contributed by atoms with Crippen LogP contribution < -0.4 is 10.1 Å². The van der Waals surface area contributed by atoms with Crippen molar-refractivity contribution in [3.05, 3.63) is 41.0 Å². The first-order valence-electron chi connectivity index (χ1n) is 8.41. The van der Waals surface area contributed by atoms with Gasteiger partial charge in [-0.15, -0.1) is 0 Å². The fourth-order valence-corrected chi connectivity index (χ4v) is 4.20. The highest BCUT2D eigenvalue weighted by Crippen LogP contribution is 2.29. The SMILES string of the molecule is Cc1ncc(Oc2ccc(C(=O)NC3CN4CCC3CC4)cc2)s1. The number of thiazole rings is 1. The molecule has 1 aromatic heterocycles. The Morgan fingerprint density at radius 1 is 1.29 bits per heavy atom. The minimum atomic E-state index is 0.00827. The monoisotopic (exact) mass is 343 g/mol. The molecule has 3 fully saturated rings. The third kappa shape index (κ3) is 3.30. The highest BCUT2D eigenvalue weighted by atomic mass is 32.1. The minimum absolute atomic E-state index is 0.00827. The molecule has 2 aromatic rings. The third-order valence-corrected chi connectivity index (χ3v) is 5.70. The number of nitrogens with one attached hydrogen (secondary N) is 1. The number of ether oxygens (including phenoxy) is 1. The second kappa shape index (κ2) is 6.53. The summed E-state index contributed by atoms with van der Waals surface area (Å²) in [4.78, 5) is 19.1. The number of carbonyl (C=O) groups excluding carboxylic acids is 1. The van der Waals surface area contributed by atoms with E-state index in [4.69, 9.17) is 4.74 Å². The number of hydrogen-bond donors (Lipinski definition) is 1. The van der Waals surface area contributed by atoms with Gasteiger partial charge in [-0.25, -0.2) is 4.98 Å². The van der Waals surface area contributed by atoms with E-state index >= 15 is 0 Å². The molecule has 3 aliphatic heterocycles. The highest BCUT2D eigenvalue weighted by Gasteiger charge is 2.34. The van der Waals surface area contributed by atoms with Gasteiger partial charge in [0, 0.05) is 18.2 Å². The molecule has 6 heteroatoms. The number of rotatable bonds is 4. The molecule has 0 aliphatic carbocycles. The lowest BCUT2D eigenvalue weighted by Crippen LogP contribution is -2.57.